The van der Waals surface area contributed by atoms with Crippen molar-refractivity contribution in [2.24, 2.45) is 11.0 Å². The molecule has 6 rings (SSSR count). The van der Waals surface area contributed by atoms with Crippen molar-refractivity contribution in [2.45, 2.75) is 26.2 Å². The first-order chi connectivity index (χ1) is 20.5. The Kier molecular flexibility index (Phi) is 7.75. The second kappa shape index (κ2) is 12.1. The molecule has 0 bridgehead atoms. The van der Waals surface area contributed by atoms with Crippen LogP contribution in [0.25, 0.3) is 0 Å². The molecule has 12 nitrogen and oxygen atoms in total. The van der Waals surface area contributed by atoms with E-state index in [1.807, 2.05) is 37.3 Å². The van der Waals surface area contributed by atoms with Gasteiger partial charge in [0.25, 0.3) is 5.69 Å². The van der Waals surface area contributed by atoms with Crippen LogP contribution in [0.1, 0.15) is 29.5 Å². The van der Waals surface area contributed by atoms with Gasteiger partial charge in [0, 0.05) is 18.8 Å². The van der Waals surface area contributed by atoms with Crippen LogP contribution in [-0.2, 0) is 6.42 Å². The van der Waals surface area contributed by atoms with Crippen molar-refractivity contribution >= 4 is 35.4 Å². The molecule has 2 aliphatic rings. The lowest BCUT2D eigenvalue weighted by molar-refractivity contribution is -0.385. The number of aryl methyl sites for hydroxylation is 1. The van der Waals surface area contributed by atoms with E-state index in [1.54, 1.807) is 0 Å². The van der Waals surface area contributed by atoms with Gasteiger partial charge in [0.05, 0.1) is 22.8 Å². The van der Waals surface area contributed by atoms with Crippen LogP contribution in [0.15, 0.2) is 71.8 Å². The monoisotopic (exact) mass is 566 g/mol. The third-order valence-electron chi connectivity index (χ3n) is 7.28. The van der Waals surface area contributed by atoms with Crippen molar-refractivity contribution in [3.8, 4) is 11.5 Å². The van der Waals surface area contributed by atoms with Crippen LogP contribution >= 0.6 is 0 Å². The van der Waals surface area contributed by atoms with Crippen LogP contribution in [0, 0.1) is 23.0 Å². The first kappa shape index (κ1) is 26.9. The van der Waals surface area contributed by atoms with E-state index in [9.17, 15) is 10.1 Å². The SMILES string of the molecule is Cc1ccc(Nc2nc(N/N=C\c3cc4c(cc3[N+](=O)[O-])OCO4)nc(N3CCC(Cc4ccccc4)CC3)n2)cc1. The third kappa shape index (κ3) is 6.38. The summed E-state index contributed by atoms with van der Waals surface area (Å²) in [6.07, 6.45) is 4.44. The minimum absolute atomic E-state index is 0.0131. The topological polar surface area (TPSA) is 140 Å². The van der Waals surface area contributed by atoms with Crippen LogP contribution < -0.4 is 25.1 Å². The van der Waals surface area contributed by atoms with Crippen molar-refractivity contribution in [3.05, 3.63) is 93.5 Å². The quantitative estimate of drug-likeness (QED) is 0.152. The van der Waals surface area contributed by atoms with Crippen molar-refractivity contribution in [2.75, 3.05) is 35.5 Å². The molecule has 0 spiro atoms. The van der Waals surface area contributed by atoms with Gasteiger partial charge >= 0.3 is 0 Å². The summed E-state index contributed by atoms with van der Waals surface area (Å²) < 4.78 is 10.6. The molecule has 42 heavy (non-hydrogen) atoms. The number of nitrogens with one attached hydrogen (secondary N) is 2. The molecule has 0 radical (unpaired) electrons. The summed E-state index contributed by atoms with van der Waals surface area (Å²) in [4.78, 5) is 27.1. The van der Waals surface area contributed by atoms with Crippen LogP contribution in [0.3, 0.4) is 0 Å². The normalized spacial score (nSPS) is 14.7. The molecule has 1 saturated heterocycles. The van der Waals surface area contributed by atoms with E-state index in [-0.39, 0.29) is 24.0 Å². The molecule has 0 atom stereocenters. The highest BCUT2D eigenvalue weighted by Crippen LogP contribution is 2.37. The Morgan fingerprint density at radius 2 is 1.71 bits per heavy atom. The number of nitro groups is 1. The number of aromatic nitrogens is 3. The number of fused-ring (bicyclic) bond motifs is 1. The molecule has 12 heteroatoms. The number of nitro benzene ring substituents is 1. The zero-order valence-electron chi connectivity index (χ0n) is 23.1. The number of hydrogen-bond acceptors (Lipinski definition) is 11. The summed E-state index contributed by atoms with van der Waals surface area (Å²) in [7, 11) is 0. The molecule has 0 unspecified atom stereocenters. The van der Waals surface area contributed by atoms with Gasteiger partial charge in [-0.25, -0.2) is 5.43 Å². The summed E-state index contributed by atoms with van der Waals surface area (Å²) in [5.41, 5.74) is 6.27. The van der Waals surface area contributed by atoms with Gasteiger partial charge in [-0.05, 0) is 55.9 Å². The number of nitrogens with zero attached hydrogens (tertiary/aromatic N) is 6. The van der Waals surface area contributed by atoms with Gasteiger partial charge in [0.1, 0.15) is 0 Å². The number of ether oxygens (including phenoxy) is 2. The van der Waals surface area contributed by atoms with E-state index in [0.717, 1.165) is 43.6 Å². The van der Waals surface area contributed by atoms with Gasteiger partial charge in [0.2, 0.25) is 24.6 Å². The predicted octanol–water partition coefficient (Wildman–Crippen LogP) is 5.47. The van der Waals surface area contributed by atoms with Gasteiger partial charge in [-0.3, -0.25) is 10.1 Å². The molecule has 2 aliphatic heterocycles. The van der Waals surface area contributed by atoms with Crippen LogP contribution in [0.4, 0.5) is 29.2 Å². The fourth-order valence-corrected chi connectivity index (χ4v) is 5.03. The van der Waals surface area contributed by atoms with Gasteiger partial charge in [-0.1, -0.05) is 48.0 Å². The van der Waals surface area contributed by atoms with Crippen LogP contribution in [-0.4, -0.2) is 46.0 Å². The Morgan fingerprint density at radius 1 is 1.00 bits per heavy atom. The van der Waals surface area contributed by atoms with Gasteiger partial charge in [0.15, 0.2) is 11.5 Å². The smallest absolute Gasteiger partial charge is 0.282 e. The molecule has 214 valence electrons. The maximum Gasteiger partial charge on any atom is 0.282 e. The van der Waals surface area contributed by atoms with E-state index >= 15 is 0 Å². The Bertz CT molecular complexity index is 1590. The number of hydrazone groups is 1. The Balaban J connectivity index is 1.21. The minimum Gasteiger partial charge on any atom is -0.454 e. The highest BCUT2D eigenvalue weighted by Gasteiger charge is 2.24. The Labute approximate surface area is 242 Å². The van der Waals surface area contributed by atoms with Crippen molar-refractivity contribution in [1.82, 2.24) is 15.0 Å². The summed E-state index contributed by atoms with van der Waals surface area (Å²) in [6.45, 7) is 3.67. The van der Waals surface area contributed by atoms with Gasteiger partial charge in [-0.2, -0.15) is 20.1 Å². The Morgan fingerprint density at radius 3 is 2.45 bits per heavy atom. The van der Waals surface area contributed by atoms with Crippen molar-refractivity contribution in [3.63, 3.8) is 0 Å². The molecule has 0 amide bonds. The highest BCUT2D eigenvalue weighted by atomic mass is 16.7. The van der Waals surface area contributed by atoms with E-state index in [1.165, 1.54) is 23.9 Å². The molecule has 1 fully saturated rings. The lowest BCUT2D eigenvalue weighted by Gasteiger charge is -2.32. The number of benzene rings is 3. The summed E-state index contributed by atoms with van der Waals surface area (Å²) >= 11 is 0. The predicted molar refractivity (Wildman–Crippen MR) is 160 cm³/mol. The van der Waals surface area contributed by atoms with E-state index in [2.05, 4.69) is 55.0 Å². The first-order valence-corrected chi connectivity index (χ1v) is 13.8. The summed E-state index contributed by atoms with van der Waals surface area (Å²) in [5.74, 6) is 2.44. The molecule has 0 saturated carbocycles. The average Bonchev–Trinajstić information content (AvgIpc) is 3.46. The van der Waals surface area contributed by atoms with Crippen LogP contribution in [0.2, 0.25) is 0 Å². The fourth-order valence-electron chi connectivity index (χ4n) is 5.03. The van der Waals surface area contributed by atoms with E-state index < -0.39 is 4.92 Å². The standard InChI is InChI=1S/C30H30N8O4/c1-20-7-9-24(10-8-20)32-28-33-29(36-31-18-23-16-26-27(42-19-41-26)17-25(23)38(39)40)35-30(34-28)37-13-11-22(12-14-37)15-21-5-3-2-4-6-21/h2-10,16-18,22H,11-15,19H2,1H3,(H2,32,33,34,35,36)/b31-18-. The number of hydrogen-bond donors (Lipinski definition) is 2. The zero-order chi connectivity index (χ0) is 28.9. The number of piperidine rings is 1. The molecule has 0 aliphatic carbocycles. The average molecular weight is 567 g/mol. The molecular formula is C30H30N8O4. The minimum atomic E-state index is -0.491. The van der Waals surface area contributed by atoms with Crippen LogP contribution in [0.5, 0.6) is 11.5 Å². The largest absolute Gasteiger partial charge is 0.454 e. The first-order valence-electron chi connectivity index (χ1n) is 13.8. The molecular weight excluding hydrogens is 536 g/mol. The lowest BCUT2D eigenvalue weighted by Crippen LogP contribution is -2.35. The maximum absolute atomic E-state index is 11.6. The second-order valence-corrected chi connectivity index (χ2v) is 10.3. The van der Waals surface area contributed by atoms with Gasteiger partial charge in [-0.15, -0.1) is 0 Å². The van der Waals surface area contributed by atoms with E-state index in [0.29, 0.717) is 29.3 Å². The van der Waals surface area contributed by atoms with Crippen molar-refractivity contribution < 1.29 is 14.4 Å². The fraction of sp³-hybridized carbons (Fsp3) is 0.267. The molecule has 4 aromatic rings. The van der Waals surface area contributed by atoms with Crippen molar-refractivity contribution in [1.29, 1.82) is 0 Å². The summed E-state index contributed by atoms with van der Waals surface area (Å²) in [6, 6.07) is 21.3. The molecule has 3 aromatic carbocycles. The highest BCUT2D eigenvalue weighted by molar-refractivity contribution is 5.87. The Hall–Kier alpha value is -5.26. The number of rotatable bonds is 9. The second-order valence-electron chi connectivity index (χ2n) is 10.3. The van der Waals surface area contributed by atoms with E-state index in [4.69, 9.17) is 14.5 Å². The maximum atomic E-state index is 11.6. The zero-order valence-corrected chi connectivity index (χ0v) is 23.1. The molecule has 3 heterocycles. The summed E-state index contributed by atoms with van der Waals surface area (Å²) in [5, 5.41) is 19.1. The third-order valence-corrected chi connectivity index (χ3v) is 7.28. The molecule has 1 aromatic heterocycles. The van der Waals surface area contributed by atoms with Gasteiger partial charge < -0.3 is 19.7 Å². The molecule has 2 N–H and O–H groups in total. The lowest BCUT2D eigenvalue weighted by atomic mass is 9.90. The number of anilines is 4.